The zero-order chi connectivity index (χ0) is 30.9. The standard InChI is InChI=1S/C30H31ClF3N3O6/c1-35-11-13-36(14-12-35)29(40)43-26-23(15-18-3-9-21(41-2)10-4-18)37(17-24(26)38)28(39)22-16-25(42-27(22)30(32,33)34)19-5-7-20(31)8-6-19/h3-10,16,23-24,26,38H,11-15,17H2,1-2H3/t23-,24+,26+/m1/s1. The van der Waals surface area contributed by atoms with Crippen LogP contribution < -0.4 is 4.74 Å². The average molecular weight is 622 g/mol. The smallest absolute Gasteiger partial charge is 0.450 e. The average Bonchev–Trinajstić information content (AvgIpc) is 3.56. The van der Waals surface area contributed by atoms with Crippen molar-refractivity contribution >= 4 is 23.6 Å². The van der Waals surface area contributed by atoms with Crippen molar-refractivity contribution < 1.29 is 41.8 Å². The van der Waals surface area contributed by atoms with Gasteiger partial charge in [0.05, 0.1) is 25.3 Å². The summed E-state index contributed by atoms with van der Waals surface area (Å²) in [5.74, 6) is -2.05. The van der Waals surface area contributed by atoms with Gasteiger partial charge in [-0.2, -0.15) is 13.2 Å². The van der Waals surface area contributed by atoms with Crippen LogP contribution in [-0.4, -0.2) is 96.9 Å². The van der Waals surface area contributed by atoms with Crippen molar-refractivity contribution in [1.82, 2.24) is 14.7 Å². The van der Waals surface area contributed by atoms with Crippen molar-refractivity contribution in [2.75, 3.05) is 46.9 Å². The van der Waals surface area contributed by atoms with Crippen LogP contribution in [0.4, 0.5) is 18.0 Å². The fourth-order valence-electron chi connectivity index (χ4n) is 5.35. The number of furan rings is 1. The van der Waals surface area contributed by atoms with E-state index in [0.717, 1.165) is 11.0 Å². The number of aliphatic hydroxyl groups is 1. The Labute approximate surface area is 251 Å². The molecule has 2 amide bonds. The number of aliphatic hydroxyl groups excluding tert-OH is 1. The largest absolute Gasteiger partial charge is 0.497 e. The number of piperazine rings is 1. The number of likely N-dealkylation sites (tertiary alicyclic amines) is 1. The number of hydrogen-bond donors (Lipinski definition) is 1. The highest BCUT2D eigenvalue weighted by Crippen LogP contribution is 2.39. The normalized spacial score (nSPS) is 21.2. The molecule has 3 aromatic rings. The summed E-state index contributed by atoms with van der Waals surface area (Å²) in [6, 6.07) is 12.9. The first-order chi connectivity index (χ1) is 20.4. The van der Waals surface area contributed by atoms with Gasteiger partial charge in [0, 0.05) is 36.8 Å². The van der Waals surface area contributed by atoms with Crippen LogP contribution in [0.2, 0.25) is 5.02 Å². The minimum absolute atomic E-state index is 0.0940. The summed E-state index contributed by atoms with van der Waals surface area (Å²) in [5.41, 5.74) is 0.281. The van der Waals surface area contributed by atoms with Crippen LogP contribution in [-0.2, 0) is 17.3 Å². The maximum absolute atomic E-state index is 14.1. The van der Waals surface area contributed by atoms with E-state index in [-0.39, 0.29) is 18.7 Å². The lowest BCUT2D eigenvalue weighted by atomic mass is 10.00. The molecule has 9 nitrogen and oxygen atoms in total. The van der Waals surface area contributed by atoms with E-state index in [9.17, 15) is 27.9 Å². The van der Waals surface area contributed by atoms with Crippen LogP contribution in [0.25, 0.3) is 11.3 Å². The highest BCUT2D eigenvalue weighted by atomic mass is 35.5. The van der Waals surface area contributed by atoms with Gasteiger partial charge in [-0.05, 0) is 61.5 Å². The van der Waals surface area contributed by atoms with Gasteiger partial charge in [0.2, 0.25) is 5.76 Å². The molecular formula is C30H31ClF3N3O6. The minimum atomic E-state index is -4.98. The SMILES string of the molecule is COc1ccc(C[C@@H]2[C@H](OC(=O)N3CCN(C)CC3)[C@@H](O)CN2C(=O)c2cc(-c3ccc(Cl)cc3)oc2C(F)(F)F)cc1. The summed E-state index contributed by atoms with van der Waals surface area (Å²) in [5, 5.41) is 11.4. The predicted octanol–water partition coefficient (Wildman–Crippen LogP) is 4.81. The number of benzene rings is 2. The van der Waals surface area contributed by atoms with E-state index in [4.69, 9.17) is 25.5 Å². The number of carbonyl (C=O) groups is 2. The Morgan fingerprint density at radius 3 is 2.30 bits per heavy atom. The number of halogens is 4. The molecule has 0 spiro atoms. The van der Waals surface area contributed by atoms with Crippen molar-refractivity contribution in [1.29, 1.82) is 0 Å². The van der Waals surface area contributed by atoms with Gasteiger partial charge in [0.15, 0.2) is 6.10 Å². The summed E-state index contributed by atoms with van der Waals surface area (Å²) >= 11 is 5.92. The summed E-state index contributed by atoms with van der Waals surface area (Å²) in [7, 11) is 3.44. The molecule has 2 aliphatic heterocycles. The van der Waals surface area contributed by atoms with Crippen LogP contribution in [0.3, 0.4) is 0 Å². The number of carbonyl (C=O) groups excluding carboxylic acids is 2. The lowest BCUT2D eigenvalue weighted by Gasteiger charge is -2.34. The number of amides is 2. The Kier molecular flexibility index (Phi) is 8.91. The second-order valence-corrected chi connectivity index (χ2v) is 11.1. The maximum Gasteiger partial charge on any atom is 0.450 e. The van der Waals surface area contributed by atoms with E-state index in [1.807, 2.05) is 7.05 Å². The van der Waals surface area contributed by atoms with Gasteiger partial charge in [-0.1, -0.05) is 23.7 Å². The molecule has 3 atom stereocenters. The molecule has 2 saturated heterocycles. The van der Waals surface area contributed by atoms with Crippen LogP contribution in [0.5, 0.6) is 5.75 Å². The molecule has 2 fully saturated rings. The van der Waals surface area contributed by atoms with E-state index in [1.54, 1.807) is 24.3 Å². The van der Waals surface area contributed by atoms with Crippen LogP contribution in [0, 0.1) is 0 Å². The highest BCUT2D eigenvalue weighted by molar-refractivity contribution is 6.30. The number of β-amino-alcohol motifs (C(OH)–C–C–N with tert-alkyl or cyclic N) is 1. The summed E-state index contributed by atoms with van der Waals surface area (Å²) in [4.78, 5) is 31.7. The molecule has 2 aliphatic rings. The first-order valence-electron chi connectivity index (χ1n) is 13.7. The molecule has 0 radical (unpaired) electrons. The molecule has 1 N–H and O–H groups in total. The molecule has 43 heavy (non-hydrogen) atoms. The van der Waals surface area contributed by atoms with Crippen molar-refractivity contribution in [3.63, 3.8) is 0 Å². The van der Waals surface area contributed by atoms with E-state index in [1.165, 1.54) is 36.3 Å². The third-order valence-electron chi connectivity index (χ3n) is 7.75. The molecule has 0 saturated carbocycles. The number of alkyl halides is 3. The van der Waals surface area contributed by atoms with Gasteiger partial charge in [0.25, 0.3) is 5.91 Å². The van der Waals surface area contributed by atoms with Gasteiger partial charge >= 0.3 is 12.3 Å². The molecule has 1 aromatic heterocycles. The second-order valence-electron chi connectivity index (χ2n) is 10.6. The van der Waals surface area contributed by atoms with Crippen LogP contribution in [0.15, 0.2) is 59.0 Å². The molecule has 13 heteroatoms. The quantitative estimate of drug-likeness (QED) is 0.422. The zero-order valence-electron chi connectivity index (χ0n) is 23.5. The van der Waals surface area contributed by atoms with Crippen molar-refractivity contribution in [2.45, 2.75) is 30.8 Å². The number of likely N-dealkylation sites (N-methyl/N-ethyl adjacent to an activating group) is 1. The van der Waals surface area contributed by atoms with Gasteiger partial charge < -0.3 is 33.7 Å². The Balaban J connectivity index is 1.48. The van der Waals surface area contributed by atoms with Gasteiger partial charge in [-0.15, -0.1) is 0 Å². The van der Waals surface area contributed by atoms with E-state index in [2.05, 4.69) is 4.90 Å². The number of ether oxygens (including phenoxy) is 2. The monoisotopic (exact) mass is 621 g/mol. The first-order valence-corrected chi connectivity index (χ1v) is 14.1. The fourth-order valence-corrected chi connectivity index (χ4v) is 5.47. The molecule has 0 bridgehead atoms. The van der Waals surface area contributed by atoms with E-state index in [0.29, 0.717) is 48.1 Å². The second kappa shape index (κ2) is 12.5. The molecule has 230 valence electrons. The zero-order valence-corrected chi connectivity index (χ0v) is 24.3. The molecule has 5 rings (SSSR count). The number of hydrogen-bond acceptors (Lipinski definition) is 7. The Morgan fingerprint density at radius 1 is 1.05 bits per heavy atom. The molecule has 0 unspecified atom stereocenters. The topological polar surface area (TPSA) is 95.7 Å². The van der Waals surface area contributed by atoms with Crippen molar-refractivity contribution in [3.8, 4) is 17.1 Å². The maximum atomic E-state index is 14.1. The molecule has 2 aromatic carbocycles. The molecule has 3 heterocycles. The lowest BCUT2D eigenvalue weighted by molar-refractivity contribution is -0.153. The third-order valence-corrected chi connectivity index (χ3v) is 8.01. The van der Waals surface area contributed by atoms with Gasteiger partial charge in [-0.25, -0.2) is 4.79 Å². The van der Waals surface area contributed by atoms with Crippen LogP contribution >= 0.6 is 11.6 Å². The fraction of sp³-hybridized carbons (Fsp3) is 0.400. The summed E-state index contributed by atoms with van der Waals surface area (Å²) in [6.45, 7) is 1.76. The van der Waals surface area contributed by atoms with Crippen molar-refractivity contribution in [2.24, 2.45) is 0 Å². The minimum Gasteiger partial charge on any atom is -0.497 e. The predicted molar refractivity (Wildman–Crippen MR) is 151 cm³/mol. The summed E-state index contributed by atoms with van der Waals surface area (Å²) < 4.78 is 58.6. The van der Waals surface area contributed by atoms with Crippen LogP contribution in [0.1, 0.15) is 21.7 Å². The van der Waals surface area contributed by atoms with E-state index < -0.39 is 47.8 Å². The number of nitrogens with zero attached hydrogens (tertiary/aromatic N) is 3. The van der Waals surface area contributed by atoms with E-state index >= 15 is 0 Å². The first kappa shape index (κ1) is 30.7. The lowest BCUT2D eigenvalue weighted by Crippen LogP contribution is -2.50. The molecule has 0 aliphatic carbocycles. The Morgan fingerprint density at radius 2 is 1.70 bits per heavy atom. The summed E-state index contributed by atoms with van der Waals surface area (Å²) in [6.07, 6.45) is -8.06. The van der Waals surface area contributed by atoms with Gasteiger partial charge in [0.1, 0.15) is 17.6 Å². The highest BCUT2D eigenvalue weighted by Gasteiger charge is 2.49. The number of methoxy groups -OCH3 is 1. The molecular weight excluding hydrogens is 591 g/mol. The third kappa shape index (κ3) is 6.76. The Hall–Kier alpha value is -3.74. The Bertz CT molecular complexity index is 1440. The van der Waals surface area contributed by atoms with Crippen molar-refractivity contribution in [3.05, 3.63) is 76.5 Å². The van der Waals surface area contributed by atoms with Gasteiger partial charge in [-0.3, -0.25) is 4.79 Å². The number of rotatable bonds is 6.